The molecule has 3 rings (SSSR count). The SMILES string of the molecule is COc1cccc(CNc2ncnc3ccc(C)cc23)c1OC. The first kappa shape index (κ1) is 15.1. The maximum Gasteiger partial charge on any atom is 0.165 e. The van der Waals surface area contributed by atoms with Gasteiger partial charge < -0.3 is 14.8 Å². The second kappa shape index (κ2) is 6.52. The molecule has 2 aromatic carbocycles. The first-order chi connectivity index (χ1) is 11.2. The van der Waals surface area contributed by atoms with Gasteiger partial charge in [-0.2, -0.15) is 0 Å². The summed E-state index contributed by atoms with van der Waals surface area (Å²) in [6, 6.07) is 12.0. The van der Waals surface area contributed by atoms with Gasteiger partial charge in [-0.15, -0.1) is 0 Å². The van der Waals surface area contributed by atoms with E-state index in [1.54, 1.807) is 20.5 Å². The smallest absolute Gasteiger partial charge is 0.165 e. The Kier molecular flexibility index (Phi) is 4.28. The third kappa shape index (κ3) is 3.04. The summed E-state index contributed by atoms with van der Waals surface area (Å²) in [5, 5.41) is 4.38. The number of nitrogens with zero attached hydrogens (tertiary/aromatic N) is 2. The van der Waals surface area contributed by atoms with Gasteiger partial charge in [0.1, 0.15) is 12.1 Å². The number of hydrogen-bond donors (Lipinski definition) is 1. The lowest BCUT2D eigenvalue weighted by Crippen LogP contribution is -2.05. The van der Waals surface area contributed by atoms with E-state index in [0.717, 1.165) is 33.8 Å². The molecule has 23 heavy (non-hydrogen) atoms. The Balaban J connectivity index is 1.91. The molecule has 0 fully saturated rings. The molecule has 0 aliphatic heterocycles. The minimum Gasteiger partial charge on any atom is -0.493 e. The lowest BCUT2D eigenvalue weighted by Gasteiger charge is -2.14. The fourth-order valence-corrected chi connectivity index (χ4v) is 2.58. The van der Waals surface area contributed by atoms with Crippen LogP contribution in [0.1, 0.15) is 11.1 Å². The van der Waals surface area contributed by atoms with Crippen molar-refractivity contribution in [3.8, 4) is 11.5 Å². The molecule has 3 aromatic rings. The number of benzene rings is 2. The fraction of sp³-hybridized carbons (Fsp3) is 0.222. The summed E-state index contributed by atoms with van der Waals surface area (Å²) in [6.07, 6.45) is 1.57. The summed E-state index contributed by atoms with van der Waals surface area (Å²) in [6.45, 7) is 2.64. The molecule has 1 N–H and O–H groups in total. The van der Waals surface area contributed by atoms with Crippen LogP contribution in [0, 0.1) is 6.92 Å². The van der Waals surface area contributed by atoms with Crippen molar-refractivity contribution in [3.05, 3.63) is 53.9 Å². The molecule has 0 unspecified atom stereocenters. The number of anilines is 1. The van der Waals surface area contributed by atoms with Crippen molar-refractivity contribution in [2.75, 3.05) is 19.5 Å². The maximum absolute atomic E-state index is 5.46. The highest BCUT2D eigenvalue weighted by atomic mass is 16.5. The van der Waals surface area contributed by atoms with Crippen LogP contribution in [0.25, 0.3) is 10.9 Å². The highest BCUT2D eigenvalue weighted by Gasteiger charge is 2.10. The second-order valence-corrected chi connectivity index (χ2v) is 5.25. The molecule has 118 valence electrons. The number of hydrogen-bond acceptors (Lipinski definition) is 5. The van der Waals surface area contributed by atoms with Gasteiger partial charge in [-0.3, -0.25) is 0 Å². The van der Waals surface area contributed by atoms with Gasteiger partial charge in [0.15, 0.2) is 11.5 Å². The van der Waals surface area contributed by atoms with Crippen LogP contribution in [0.4, 0.5) is 5.82 Å². The van der Waals surface area contributed by atoms with Crippen LogP contribution in [0.3, 0.4) is 0 Å². The van der Waals surface area contributed by atoms with Gasteiger partial charge in [-0.1, -0.05) is 23.8 Å². The van der Waals surface area contributed by atoms with Crippen molar-refractivity contribution in [2.24, 2.45) is 0 Å². The van der Waals surface area contributed by atoms with E-state index in [1.807, 2.05) is 30.3 Å². The Morgan fingerprint density at radius 1 is 1.04 bits per heavy atom. The van der Waals surface area contributed by atoms with Gasteiger partial charge in [-0.25, -0.2) is 9.97 Å². The number of fused-ring (bicyclic) bond motifs is 1. The zero-order valence-corrected chi connectivity index (χ0v) is 13.5. The standard InChI is InChI=1S/C18H19N3O2/c1-12-7-8-15-14(9-12)18(21-11-20-15)19-10-13-5-4-6-16(22-2)17(13)23-3/h4-9,11H,10H2,1-3H3,(H,19,20,21). The van der Waals surface area contributed by atoms with E-state index in [9.17, 15) is 0 Å². The van der Waals surface area contributed by atoms with E-state index < -0.39 is 0 Å². The summed E-state index contributed by atoms with van der Waals surface area (Å²) in [4.78, 5) is 8.67. The lowest BCUT2D eigenvalue weighted by molar-refractivity contribution is 0.352. The fourth-order valence-electron chi connectivity index (χ4n) is 2.58. The molecule has 0 amide bonds. The first-order valence-electron chi connectivity index (χ1n) is 7.38. The van der Waals surface area contributed by atoms with Gasteiger partial charge in [0.2, 0.25) is 0 Å². The van der Waals surface area contributed by atoms with Crippen LogP contribution >= 0.6 is 0 Å². The molecule has 0 bridgehead atoms. The average molecular weight is 309 g/mol. The van der Waals surface area contributed by atoms with E-state index in [2.05, 4.69) is 28.3 Å². The Morgan fingerprint density at radius 2 is 1.91 bits per heavy atom. The van der Waals surface area contributed by atoms with Crippen molar-refractivity contribution >= 4 is 16.7 Å². The van der Waals surface area contributed by atoms with Crippen LogP contribution < -0.4 is 14.8 Å². The summed E-state index contributed by atoms with van der Waals surface area (Å²) in [5.41, 5.74) is 3.10. The minimum absolute atomic E-state index is 0.584. The lowest BCUT2D eigenvalue weighted by atomic mass is 10.1. The number of aromatic nitrogens is 2. The summed E-state index contributed by atoms with van der Waals surface area (Å²) < 4.78 is 10.8. The Morgan fingerprint density at radius 3 is 2.70 bits per heavy atom. The average Bonchev–Trinajstić information content (AvgIpc) is 2.59. The van der Waals surface area contributed by atoms with E-state index >= 15 is 0 Å². The Hall–Kier alpha value is -2.82. The molecule has 0 saturated heterocycles. The summed E-state index contributed by atoms with van der Waals surface area (Å²) >= 11 is 0. The maximum atomic E-state index is 5.46. The highest BCUT2D eigenvalue weighted by molar-refractivity contribution is 5.89. The molecule has 0 spiro atoms. The van der Waals surface area contributed by atoms with Crippen molar-refractivity contribution < 1.29 is 9.47 Å². The molecule has 0 aliphatic rings. The monoisotopic (exact) mass is 309 g/mol. The van der Waals surface area contributed by atoms with Crippen LogP contribution in [-0.4, -0.2) is 24.2 Å². The van der Waals surface area contributed by atoms with Gasteiger partial charge >= 0.3 is 0 Å². The number of rotatable bonds is 5. The third-order valence-corrected chi connectivity index (χ3v) is 3.72. The molecule has 0 radical (unpaired) electrons. The number of ether oxygens (including phenoxy) is 2. The van der Waals surface area contributed by atoms with Gasteiger partial charge in [0.25, 0.3) is 0 Å². The molecule has 5 heteroatoms. The zero-order chi connectivity index (χ0) is 16.2. The number of aryl methyl sites for hydroxylation is 1. The first-order valence-corrected chi connectivity index (χ1v) is 7.38. The molecule has 0 saturated carbocycles. The Bertz CT molecular complexity index is 834. The summed E-state index contributed by atoms with van der Waals surface area (Å²) in [5.74, 6) is 2.26. The van der Waals surface area contributed by atoms with Crippen LogP contribution in [-0.2, 0) is 6.54 Å². The van der Waals surface area contributed by atoms with E-state index in [1.165, 1.54) is 5.56 Å². The van der Waals surface area contributed by atoms with E-state index in [0.29, 0.717) is 6.54 Å². The van der Waals surface area contributed by atoms with Crippen molar-refractivity contribution in [3.63, 3.8) is 0 Å². The van der Waals surface area contributed by atoms with E-state index in [4.69, 9.17) is 9.47 Å². The van der Waals surface area contributed by atoms with Crippen LogP contribution in [0.5, 0.6) is 11.5 Å². The predicted molar refractivity (Wildman–Crippen MR) is 91.1 cm³/mol. The van der Waals surface area contributed by atoms with Gasteiger partial charge in [0, 0.05) is 17.5 Å². The van der Waals surface area contributed by atoms with Gasteiger partial charge in [-0.05, 0) is 25.1 Å². The third-order valence-electron chi connectivity index (χ3n) is 3.72. The minimum atomic E-state index is 0.584. The predicted octanol–water partition coefficient (Wildman–Crippen LogP) is 3.57. The molecule has 1 aromatic heterocycles. The molecule has 0 aliphatic carbocycles. The largest absolute Gasteiger partial charge is 0.493 e. The molecular formula is C18H19N3O2. The van der Waals surface area contributed by atoms with Crippen molar-refractivity contribution in [2.45, 2.75) is 13.5 Å². The number of nitrogens with one attached hydrogen (secondary N) is 1. The number of methoxy groups -OCH3 is 2. The van der Waals surface area contributed by atoms with E-state index in [-0.39, 0.29) is 0 Å². The van der Waals surface area contributed by atoms with Gasteiger partial charge in [0.05, 0.1) is 19.7 Å². The topological polar surface area (TPSA) is 56.3 Å². The number of para-hydroxylation sites is 1. The molecule has 0 atom stereocenters. The van der Waals surface area contributed by atoms with Crippen LogP contribution in [0.15, 0.2) is 42.7 Å². The normalized spacial score (nSPS) is 10.6. The zero-order valence-electron chi connectivity index (χ0n) is 13.5. The molecule has 1 heterocycles. The highest BCUT2D eigenvalue weighted by Crippen LogP contribution is 2.31. The van der Waals surface area contributed by atoms with Crippen molar-refractivity contribution in [1.29, 1.82) is 0 Å². The quantitative estimate of drug-likeness (QED) is 0.781. The second-order valence-electron chi connectivity index (χ2n) is 5.25. The Labute approximate surface area is 135 Å². The van der Waals surface area contributed by atoms with Crippen LogP contribution in [0.2, 0.25) is 0 Å². The molecule has 5 nitrogen and oxygen atoms in total. The van der Waals surface area contributed by atoms with Crippen molar-refractivity contribution in [1.82, 2.24) is 9.97 Å². The summed E-state index contributed by atoms with van der Waals surface area (Å²) in [7, 11) is 3.28. The molecular weight excluding hydrogens is 290 g/mol.